The lowest BCUT2D eigenvalue weighted by Crippen LogP contribution is -2.40. The largest absolute Gasteiger partial charge is 0.485 e. The predicted molar refractivity (Wildman–Crippen MR) is 124 cm³/mol. The number of carbonyl (C=O) groups is 2. The van der Waals surface area contributed by atoms with Crippen molar-refractivity contribution in [1.29, 1.82) is 0 Å². The van der Waals surface area contributed by atoms with Crippen LogP contribution in [0, 0.1) is 0 Å². The van der Waals surface area contributed by atoms with Gasteiger partial charge in [-0.25, -0.2) is 8.42 Å². The lowest BCUT2D eigenvalue weighted by Gasteiger charge is -2.25. The Morgan fingerprint density at radius 3 is 2.45 bits per heavy atom. The lowest BCUT2D eigenvalue weighted by atomic mass is 10.2. The number of halogens is 1. The van der Waals surface area contributed by atoms with E-state index < -0.39 is 27.8 Å². The van der Waals surface area contributed by atoms with Gasteiger partial charge in [0.25, 0.3) is 11.8 Å². The lowest BCUT2D eigenvalue weighted by molar-refractivity contribution is -0.125. The number of amides is 2. The Bertz CT molecular complexity index is 1340. The van der Waals surface area contributed by atoms with E-state index in [1.807, 2.05) is 6.07 Å². The molecule has 0 fully saturated rings. The molecule has 0 spiro atoms. The Morgan fingerprint density at radius 1 is 0.970 bits per heavy atom. The number of ether oxygens (including phenoxy) is 2. The maximum absolute atomic E-state index is 12.6. The first-order chi connectivity index (χ1) is 15.7. The average Bonchev–Trinajstić information content (AvgIpc) is 2.80. The molecular formula is C23H19ClN2O6S. The van der Waals surface area contributed by atoms with E-state index in [0.717, 1.165) is 6.26 Å². The van der Waals surface area contributed by atoms with E-state index in [-0.39, 0.29) is 22.1 Å². The van der Waals surface area contributed by atoms with Crippen LogP contribution in [0.1, 0.15) is 10.4 Å². The molecule has 2 amide bonds. The molecule has 1 atom stereocenters. The number of hydrogen-bond donors (Lipinski definition) is 2. The number of fused-ring (bicyclic) bond motifs is 1. The summed E-state index contributed by atoms with van der Waals surface area (Å²) in [6, 6.07) is 17.3. The highest BCUT2D eigenvalue weighted by Gasteiger charge is 2.27. The third kappa shape index (κ3) is 5.27. The summed E-state index contributed by atoms with van der Waals surface area (Å²) in [6.45, 7) is 0.0667. The molecular weight excluding hydrogens is 468 g/mol. The Morgan fingerprint density at radius 2 is 1.73 bits per heavy atom. The number of hydrogen-bond acceptors (Lipinski definition) is 6. The van der Waals surface area contributed by atoms with Crippen molar-refractivity contribution in [2.24, 2.45) is 0 Å². The Kier molecular flexibility index (Phi) is 6.26. The summed E-state index contributed by atoms with van der Waals surface area (Å²) in [5.41, 5.74) is 0.876. The second kappa shape index (κ2) is 9.13. The van der Waals surface area contributed by atoms with Crippen molar-refractivity contribution in [3.63, 3.8) is 0 Å². The minimum Gasteiger partial charge on any atom is -0.485 e. The van der Waals surface area contributed by atoms with Crippen LogP contribution >= 0.6 is 11.6 Å². The zero-order chi connectivity index (χ0) is 23.6. The highest BCUT2D eigenvalue weighted by Crippen LogP contribution is 2.31. The molecule has 33 heavy (non-hydrogen) atoms. The third-order valence-electron chi connectivity index (χ3n) is 4.81. The van der Waals surface area contributed by atoms with Crippen molar-refractivity contribution in [3.8, 4) is 11.5 Å². The SMILES string of the molecule is CS(=O)(=O)c1cccc(C(=O)Nc2ccc(NC(=O)C3COc4ccccc4O3)cc2Cl)c1. The Balaban J connectivity index is 1.42. The first-order valence-corrected chi connectivity index (χ1v) is 12.1. The van der Waals surface area contributed by atoms with Gasteiger partial charge in [0.1, 0.15) is 6.61 Å². The molecule has 0 bridgehead atoms. The topological polar surface area (TPSA) is 111 Å². The molecule has 8 nitrogen and oxygen atoms in total. The molecule has 1 unspecified atom stereocenters. The summed E-state index contributed by atoms with van der Waals surface area (Å²) >= 11 is 6.28. The van der Waals surface area contributed by atoms with Crippen molar-refractivity contribution in [1.82, 2.24) is 0 Å². The Labute approximate surface area is 195 Å². The van der Waals surface area contributed by atoms with Crippen LogP contribution in [0.4, 0.5) is 11.4 Å². The summed E-state index contributed by atoms with van der Waals surface area (Å²) in [6.07, 6.45) is 0.233. The summed E-state index contributed by atoms with van der Waals surface area (Å²) in [5.74, 6) is 0.132. The van der Waals surface area contributed by atoms with Crippen molar-refractivity contribution in [2.75, 3.05) is 23.5 Å². The standard InChI is InChI=1S/C23H19ClN2O6S/c1-33(29,30)16-6-4-5-14(11-16)22(27)26-18-10-9-15(12-17(18)24)25-23(28)21-13-31-19-7-2-3-8-20(19)32-21/h2-12,21H,13H2,1H3,(H,25,28)(H,26,27). The maximum Gasteiger partial charge on any atom is 0.269 e. The van der Waals surface area contributed by atoms with Gasteiger partial charge in [-0.1, -0.05) is 29.8 Å². The van der Waals surface area contributed by atoms with Crippen LogP contribution in [-0.4, -0.2) is 39.2 Å². The van der Waals surface area contributed by atoms with Crippen LogP contribution in [0.5, 0.6) is 11.5 Å². The van der Waals surface area contributed by atoms with E-state index in [9.17, 15) is 18.0 Å². The first kappa shape index (κ1) is 22.6. The van der Waals surface area contributed by atoms with Gasteiger partial charge in [-0.3, -0.25) is 9.59 Å². The third-order valence-corrected chi connectivity index (χ3v) is 6.23. The van der Waals surface area contributed by atoms with Crippen molar-refractivity contribution >= 4 is 44.6 Å². The summed E-state index contributed by atoms with van der Waals surface area (Å²) in [5, 5.41) is 5.54. The fourth-order valence-corrected chi connectivity index (χ4v) is 4.02. The zero-order valence-corrected chi connectivity index (χ0v) is 18.9. The second-order valence-corrected chi connectivity index (χ2v) is 9.73. The molecule has 0 aliphatic carbocycles. The zero-order valence-electron chi connectivity index (χ0n) is 17.4. The van der Waals surface area contributed by atoms with E-state index in [2.05, 4.69) is 10.6 Å². The molecule has 1 aliphatic heterocycles. The minimum absolute atomic E-state index is 0.0378. The first-order valence-electron chi connectivity index (χ1n) is 9.81. The molecule has 1 heterocycles. The molecule has 10 heteroatoms. The van der Waals surface area contributed by atoms with Gasteiger partial charge in [0.05, 0.1) is 15.6 Å². The summed E-state index contributed by atoms with van der Waals surface area (Å²) in [4.78, 5) is 25.2. The number of carbonyl (C=O) groups excluding carboxylic acids is 2. The summed E-state index contributed by atoms with van der Waals surface area (Å²) < 4.78 is 34.7. The number of benzene rings is 3. The van der Waals surface area contributed by atoms with E-state index in [1.165, 1.54) is 36.4 Å². The van der Waals surface area contributed by atoms with Gasteiger partial charge in [0.2, 0.25) is 6.10 Å². The molecule has 3 aromatic rings. The van der Waals surface area contributed by atoms with Gasteiger partial charge < -0.3 is 20.1 Å². The van der Waals surface area contributed by atoms with E-state index in [4.69, 9.17) is 21.1 Å². The van der Waals surface area contributed by atoms with Crippen LogP contribution in [0.2, 0.25) is 5.02 Å². The summed E-state index contributed by atoms with van der Waals surface area (Å²) in [7, 11) is -3.45. The number of nitrogens with one attached hydrogen (secondary N) is 2. The van der Waals surface area contributed by atoms with Crippen molar-refractivity contribution in [3.05, 3.63) is 77.3 Å². The van der Waals surface area contributed by atoms with Crippen molar-refractivity contribution < 1.29 is 27.5 Å². The second-order valence-electron chi connectivity index (χ2n) is 7.30. The van der Waals surface area contributed by atoms with Gasteiger partial charge in [-0.05, 0) is 48.5 Å². The molecule has 4 rings (SSSR count). The maximum atomic E-state index is 12.6. The van der Waals surface area contributed by atoms with Crippen LogP contribution < -0.4 is 20.1 Å². The molecule has 170 valence electrons. The van der Waals surface area contributed by atoms with Gasteiger partial charge in [0, 0.05) is 17.5 Å². The molecule has 3 aromatic carbocycles. The molecule has 0 saturated heterocycles. The highest BCUT2D eigenvalue weighted by molar-refractivity contribution is 7.90. The normalized spacial score (nSPS) is 14.9. The highest BCUT2D eigenvalue weighted by atomic mass is 35.5. The molecule has 0 aromatic heterocycles. The quantitative estimate of drug-likeness (QED) is 0.568. The monoisotopic (exact) mass is 486 g/mol. The predicted octanol–water partition coefficient (Wildman–Crippen LogP) is 3.77. The van der Waals surface area contributed by atoms with Gasteiger partial charge in [0.15, 0.2) is 21.3 Å². The molecule has 0 saturated carbocycles. The fraction of sp³-hybridized carbons (Fsp3) is 0.130. The van der Waals surface area contributed by atoms with Crippen LogP contribution in [0.15, 0.2) is 71.6 Å². The molecule has 2 N–H and O–H groups in total. The number of rotatable bonds is 5. The van der Waals surface area contributed by atoms with Crippen LogP contribution in [0.25, 0.3) is 0 Å². The van der Waals surface area contributed by atoms with E-state index >= 15 is 0 Å². The van der Waals surface area contributed by atoms with Gasteiger partial charge >= 0.3 is 0 Å². The van der Waals surface area contributed by atoms with E-state index in [0.29, 0.717) is 22.9 Å². The van der Waals surface area contributed by atoms with Crippen molar-refractivity contribution in [2.45, 2.75) is 11.0 Å². The molecule has 1 aliphatic rings. The molecule has 0 radical (unpaired) electrons. The fourth-order valence-electron chi connectivity index (χ4n) is 3.13. The minimum atomic E-state index is -3.45. The van der Waals surface area contributed by atoms with Crippen LogP contribution in [-0.2, 0) is 14.6 Å². The van der Waals surface area contributed by atoms with E-state index in [1.54, 1.807) is 24.3 Å². The van der Waals surface area contributed by atoms with Gasteiger partial charge in [-0.15, -0.1) is 0 Å². The number of anilines is 2. The number of para-hydroxylation sites is 2. The Hall–Kier alpha value is -3.56. The number of sulfone groups is 1. The average molecular weight is 487 g/mol. The van der Waals surface area contributed by atoms with Crippen LogP contribution in [0.3, 0.4) is 0 Å². The smallest absolute Gasteiger partial charge is 0.269 e. The van der Waals surface area contributed by atoms with Gasteiger partial charge in [-0.2, -0.15) is 0 Å².